The Morgan fingerprint density at radius 3 is 2.33 bits per heavy atom. The number of nitrogens with two attached hydrogens (primary N) is 3. The summed E-state index contributed by atoms with van der Waals surface area (Å²) in [5.41, 5.74) is 18.3. The molecule has 8 nitrogen and oxygen atoms in total. The van der Waals surface area contributed by atoms with E-state index in [1.54, 1.807) is 0 Å². The molecule has 0 aromatic carbocycles. The Morgan fingerprint density at radius 1 is 1.07 bits per heavy atom. The molecule has 2 aliphatic heterocycles. The van der Waals surface area contributed by atoms with Crippen LogP contribution in [0.1, 0.15) is 56.6 Å². The number of aromatic nitrogens is 2. The van der Waals surface area contributed by atoms with Crippen molar-refractivity contribution >= 4 is 17.7 Å². The lowest BCUT2D eigenvalue weighted by molar-refractivity contribution is -0.132. The van der Waals surface area contributed by atoms with Crippen molar-refractivity contribution in [3.05, 3.63) is 11.8 Å². The molecule has 148 valence electrons. The number of rotatable bonds is 4. The van der Waals surface area contributed by atoms with Crippen LogP contribution in [0.25, 0.3) is 0 Å². The molecule has 0 radical (unpaired) electrons. The smallest absolute Gasteiger partial charge is 0.238 e. The van der Waals surface area contributed by atoms with E-state index >= 15 is 0 Å². The zero-order valence-electron chi connectivity index (χ0n) is 15.9. The van der Waals surface area contributed by atoms with Crippen molar-refractivity contribution in [2.75, 3.05) is 36.8 Å². The first-order valence-electron chi connectivity index (χ1n) is 10.2. The van der Waals surface area contributed by atoms with Gasteiger partial charge in [-0.1, -0.05) is 6.42 Å². The Morgan fingerprint density at radius 2 is 1.74 bits per heavy atom. The van der Waals surface area contributed by atoms with Crippen molar-refractivity contribution in [2.24, 2.45) is 11.5 Å². The number of hydrogen-bond acceptors (Lipinski definition) is 7. The molecule has 1 amide bonds. The molecular weight excluding hydrogens is 342 g/mol. The van der Waals surface area contributed by atoms with E-state index in [9.17, 15) is 4.79 Å². The summed E-state index contributed by atoms with van der Waals surface area (Å²) in [5.74, 6) is 1.36. The lowest BCUT2D eigenvalue weighted by Crippen LogP contribution is -2.63. The van der Waals surface area contributed by atoms with Gasteiger partial charge >= 0.3 is 0 Å². The van der Waals surface area contributed by atoms with Gasteiger partial charge in [0.25, 0.3) is 0 Å². The number of amides is 1. The minimum Gasteiger partial charge on any atom is -0.368 e. The summed E-state index contributed by atoms with van der Waals surface area (Å²) in [6.45, 7) is 3.43. The summed E-state index contributed by atoms with van der Waals surface area (Å²) >= 11 is 0. The van der Waals surface area contributed by atoms with E-state index in [1.807, 2.05) is 6.07 Å². The van der Waals surface area contributed by atoms with Gasteiger partial charge in [-0.2, -0.15) is 4.98 Å². The molecule has 4 rings (SSSR count). The van der Waals surface area contributed by atoms with E-state index < -0.39 is 5.54 Å². The maximum atomic E-state index is 12.4. The van der Waals surface area contributed by atoms with Crippen molar-refractivity contribution in [3.63, 3.8) is 0 Å². The fraction of sp³-hybridized carbons (Fsp3) is 0.737. The summed E-state index contributed by atoms with van der Waals surface area (Å²) < 4.78 is 0. The number of carbonyl (C=O) groups excluding carboxylic acids is 1. The van der Waals surface area contributed by atoms with Crippen LogP contribution in [0.15, 0.2) is 6.07 Å². The Labute approximate surface area is 160 Å². The summed E-state index contributed by atoms with van der Waals surface area (Å²) in [6.07, 6.45) is 6.91. The highest BCUT2D eigenvalue weighted by Gasteiger charge is 2.45. The lowest BCUT2D eigenvalue weighted by Gasteiger charge is -2.48. The number of nitrogens with zero attached hydrogens (tertiary/aromatic N) is 4. The van der Waals surface area contributed by atoms with E-state index in [1.165, 1.54) is 6.42 Å². The normalized spacial score (nSPS) is 28.6. The highest BCUT2D eigenvalue weighted by molar-refractivity contribution is 5.85. The van der Waals surface area contributed by atoms with Gasteiger partial charge in [-0.15, -0.1) is 0 Å². The molecule has 6 N–H and O–H groups in total. The summed E-state index contributed by atoms with van der Waals surface area (Å²) in [6, 6.07) is 2.32. The van der Waals surface area contributed by atoms with E-state index in [-0.39, 0.29) is 11.9 Å². The molecule has 2 saturated heterocycles. The Kier molecular flexibility index (Phi) is 4.94. The van der Waals surface area contributed by atoms with E-state index in [2.05, 4.69) is 19.8 Å². The Balaban J connectivity index is 1.49. The second kappa shape index (κ2) is 7.24. The van der Waals surface area contributed by atoms with Crippen molar-refractivity contribution in [3.8, 4) is 0 Å². The van der Waals surface area contributed by atoms with Crippen LogP contribution in [-0.4, -0.2) is 58.5 Å². The van der Waals surface area contributed by atoms with E-state index in [4.69, 9.17) is 17.2 Å². The molecule has 1 aromatic heterocycles. The van der Waals surface area contributed by atoms with E-state index in [0.29, 0.717) is 11.9 Å². The van der Waals surface area contributed by atoms with Crippen molar-refractivity contribution < 1.29 is 4.79 Å². The second-order valence-corrected chi connectivity index (χ2v) is 8.37. The standard InChI is InChI=1S/C19H31N7O/c20-14-10-13(11-14)15-12-16(24-18(22)23-15)25-8-4-19(5-9-25,17(21)27)26-6-2-1-3-7-26/h12-14H,1-11,20H2,(H2,21,27)(H2,22,23,24). The van der Waals surface area contributed by atoms with Gasteiger partial charge in [0, 0.05) is 31.1 Å². The van der Waals surface area contributed by atoms with Gasteiger partial charge in [0.2, 0.25) is 11.9 Å². The number of hydrogen-bond donors (Lipinski definition) is 3. The maximum Gasteiger partial charge on any atom is 0.238 e. The second-order valence-electron chi connectivity index (χ2n) is 8.37. The molecule has 3 fully saturated rings. The number of likely N-dealkylation sites (tertiary alicyclic amines) is 1. The third-order valence-electron chi connectivity index (χ3n) is 6.68. The third-order valence-corrected chi connectivity index (χ3v) is 6.68. The highest BCUT2D eigenvalue weighted by atomic mass is 16.1. The Bertz CT molecular complexity index is 689. The molecule has 1 aromatic rings. The Hall–Kier alpha value is -1.93. The largest absolute Gasteiger partial charge is 0.368 e. The molecule has 0 bridgehead atoms. The van der Waals surface area contributed by atoms with Crippen LogP contribution in [0.4, 0.5) is 11.8 Å². The number of anilines is 2. The van der Waals surface area contributed by atoms with Crippen LogP contribution < -0.4 is 22.1 Å². The van der Waals surface area contributed by atoms with Gasteiger partial charge in [-0.25, -0.2) is 4.98 Å². The molecule has 0 spiro atoms. The van der Waals surface area contributed by atoms with Gasteiger partial charge in [0.15, 0.2) is 0 Å². The van der Waals surface area contributed by atoms with Crippen LogP contribution in [0.2, 0.25) is 0 Å². The molecule has 27 heavy (non-hydrogen) atoms. The monoisotopic (exact) mass is 373 g/mol. The zero-order chi connectivity index (χ0) is 19.0. The number of carbonyl (C=O) groups is 1. The average Bonchev–Trinajstić information content (AvgIpc) is 2.65. The van der Waals surface area contributed by atoms with Crippen molar-refractivity contribution in [2.45, 2.75) is 62.4 Å². The molecule has 3 heterocycles. The van der Waals surface area contributed by atoms with Gasteiger partial charge in [-0.3, -0.25) is 9.69 Å². The maximum absolute atomic E-state index is 12.4. The predicted octanol–water partition coefficient (Wildman–Crippen LogP) is 0.574. The van der Waals surface area contributed by atoms with Gasteiger partial charge in [-0.05, 0) is 51.6 Å². The molecule has 8 heteroatoms. The topological polar surface area (TPSA) is 127 Å². The molecule has 1 aliphatic carbocycles. The molecule has 0 unspecified atom stereocenters. The minimum atomic E-state index is -0.515. The third kappa shape index (κ3) is 3.48. The van der Waals surface area contributed by atoms with Gasteiger partial charge < -0.3 is 22.1 Å². The summed E-state index contributed by atoms with van der Waals surface area (Å²) in [5, 5.41) is 0. The van der Waals surface area contributed by atoms with Crippen LogP contribution >= 0.6 is 0 Å². The van der Waals surface area contributed by atoms with Gasteiger partial charge in [0.1, 0.15) is 11.4 Å². The fourth-order valence-corrected chi connectivity index (χ4v) is 4.89. The molecule has 1 saturated carbocycles. The molecule has 0 atom stereocenters. The van der Waals surface area contributed by atoms with E-state index in [0.717, 1.165) is 76.2 Å². The quantitative estimate of drug-likeness (QED) is 0.704. The number of nitrogen functional groups attached to an aromatic ring is 1. The van der Waals surface area contributed by atoms with Crippen molar-refractivity contribution in [1.29, 1.82) is 0 Å². The lowest BCUT2D eigenvalue weighted by atomic mass is 9.78. The first-order valence-corrected chi connectivity index (χ1v) is 10.2. The predicted molar refractivity (Wildman–Crippen MR) is 105 cm³/mol. The van der Waals surface area contributed by atoms with Crippen LogP contribution in [0, 0.1) is 0 Å². The SMILES string of the molecule is NC(=O)C1(N2CCCCC2)CCN(c2cc(C3CC(N)C3)nc(N)n2)CC1. The first kappa shape index (κ1) is 18.4. The zero-order valence-corrected chi connectivity index (χ0v) is 15.9. The molecular formula is C19H31N7O. The van der Waals surface area contributed by atoms with Crippen LogP contribution in [0.5, 0.6) is 0 Å². The summed E-state index contributed by atoms with van der Waals surface area (Å²) in [7, 11) is 0. The van der Waals surface area contributed by atoms with Crippen LogP contribution in [-0.2, 0) is 4.79 Å². The highest BCUT2D eigenvalue weighted by Crippen LogP contribution is 2.37. The first-order chi connectivity index (χ1) is 13.0. The number of primary amides is 1. The fourth-order valence-electron chi connectivity index (χ4n) is 4.89. The molecule has 3 aliphatic rings. The van der Waals surface area contributed by atoms with Crippen LogP contribution in [0.3, 0.4) is 0 Å². The van der Waals surface area contributed by atoms with Crippen molar-refractivity contribution in [1.82, 2.24) is 14.9 Å². The van der Waals surface area contributed by atoms with Gasteiger partial charge in [0.05, 0.1) is 5.69 Å². The number of piperidine rings is 2. The average molecular weight is 374 g/mol. The minimum absolute atomic E-state index is 0.185. The summed E-state index contributed by atoms with van der Waals surface area (Å²) in [4.78, 5) is 25.8.